The van der Waals surface area contributed by atoms with Crippen molar-refractivity contribution in [1.29, 1.82) is 0 Å². The Morgan fingerprint density at radius 3 is 2.26 bits per heavy atom. The Hall–Kier alpha value is -1.85. The van der Waals surface area contributed by atoms with Crippen molar-refractivity contribution in [3.63, 3.8) is 0 Å². The lowest BCUT2D eigenvalue weighted by atomic mass is 10.1. The molecule has 0 rings (SSSR count). The highest BCUT2D eigenvalue weighted by molar-refractivity contribution is 6.02. The topological polar surface area (TPSA) is 95.5 Å². The van der Waals surface area contributed by atoms with Gasteiger partial charge in [0.15, 0.2) is 0 Å². The second kappa shape index (κ2) is 11.3. The van der Waals surface area contributed by atoms with Gasteiger partial charge in [0, 0.05) is 18.7 Å². The predicted molar refractivity (Wildman–Crippen MR) is 71.7 cm³/mol. The fourth-order valence-corrected chi connectivity index (χ4v) is 1.45. The molecule has 108 valence electrons. The maximum atomic E-state index is 11.2. The number of urea groups is 1. The van der Waals surface area contributed by atoms with Crippen LogP contribution in [0.1, 0.15) is 45.4 Å². The summed E-state index contributed by atoms with van der Waals surface area (Å²) in [6.07, 6.45) is 8.19. The van der Waals surface area contributed by atoms with Crippen molar-refractivity contribution >= 4 is 17.9 Å². The van der Waals surface area contributed by atoms with Crippen molar-refractivity contribution in [3.05, 3.63) is 12.2 Å². The molecule has 0 fully saturated rings. The summed E-state index contributed by atoms with van der Waals surface area (Å²) in [5, 5.41) is 12.8. The number of unbranched alkanes of at least 4 members (excludes halogenated alkanes) is 5. The molecule has 0 unspecified atom stereocenters. The van der Waals surface area contributed by atoms with Crippen LogP contribution in [0.5, 0.6) is 0 Å². The van der Waals surface area contributed by atoms with Crippen molar-refractivity contribution in [3.8, 4) is 0 Å². The number of amides is 3. The predicted octanol–water partition coefficient (Wildman–Crippen LogP) is 1.81. The van der Waals surface area contributed by atoms with Gasteiger partial charge in [0.05, 0.1) is 0 Å². The molecule has 19 heavy (non-hydrogen) atoms. The van der Waals surface area contributed by atoms with Gasteiger partial charge in [0.1, 0.15) is 0 Å². The fraction of sp³-hybridized carbons (Fsp3) is 0.615. The molecule has 0 spiro atoms. The van der Waals surface area contributed by atoms with Crippen LogP contribution in [-0.2, 0) is 9.59 Å². The van der Waals surface area contributed by atoms with Gasteiger partial charge in [0.25, 0.3) is 5.91 Å². The smallest absolute Gasteiger partial charge is 0.328 e. The van der Waals surface area contributed by atoms with E-state index in [9.17, 15) is 14.4 Å². The number of imide groups is 1. The van der Waals surface area contributed by atoms with Crippen molar-refractivity contribution in [2.45, 2.75) is 45.4 Å². The first kappa shape index (κ1) is 17.2. The molecular weight excluding hydrogens is 248 g/mol. The summed E-state index contributed by atoms with van der Waals surface area (Å²) in [6, 6.07) is -0.603. The number of carbonyl (C=O) groups excluding carboxylic acids is 2. The SMILES string of the molecule is CCCCCCCCNC(=O)NC(=O)/C=C/C(=O)O. The zero-order valence-corrected chi connectivity index (χ0v) is 11.3. The molecule has 6 nitrogen and oxygen atoms in total. The fourth-order valence-electron chi connectivity index (χ4n) is 1.45. The minimum Gasteiger partial charge on any atom is -0.478 e. The van der Waals surface area contributed by atoms with Crippen LogP contribution in [0.2, 0.25) is 0 Å². The molecule has 0 aliphatic carbocycles. The Bertz CT molecular complexity index is 327. The summed E-state index contributed by atoms with van der Waals surface area (Å²) < 4.78 is 0. The molecule has 0 saturated carbocycles. The van der Waals surface area contributed by atoms with E-state index in [1.54, 1.807) is 0 Å². The van der Waals surface area contributed by atoms with Gasteiger partial charge < -0.3 is 10.4 Å². The highest BCUT2D eigenvalue weighted by atomic mass is 16.4. The van der Waals surface area contributed by atoms with E-state index in [0.717, 1.165) is 25.3 Å². The van der Waals surface area contributed by atoms with Gasteiger partial charge in [-0.25, -0.2) is 9.59 Å². The minimum atomic E-state index is -1.23. The van der Waals surface area contributed by atoms with E-state index in [1.165, 1.54) is 19.3 Å². The average Bonchev–Trinajstić information content (AvgIpc) is 2.35. The molecule has 0 heterocycles. The lowest BCUT2D eigenvalue weighted by Crippen LogP contribution is -2.39. The summed E-state index contributed by atoms with van der Waals surface area (Å²) in [7, 11) is 0. The maximum absolute atomic E-state index is 11.2. The molecule has 3 amide bonds. The Morgan fingerprint density at radius 2 is 1.63 bits per heavy atom. The van der Waals surface area contributed by atoms with Gasteiger partial charge in [-0.2, -0.15) is 0 Å². The maximum Gasteiger partial charge on any atom is 0.328 e. The van der Waals surface area contributed by atoms with Crippen molar-refractivity contribution in [2.24, 2.45) is 0 Å². The first-order valence-corrected chi connectivity index (χ1v) is 6.56. The Balaban J connectivity index is 3.54. The third-order valence-corrected chi connectivity index (χ3v) is 2.43. The Morgan fingerprint density at radius 1 is 1.00 bits per heavy atom. The molecule has 6 heteroatoms. The molecule has 0 aromatic heterocycles. The largest absolute Gasteiger partial charge is 0.478 e. The number of hydrogen-bond acceptors (Lipinski definition) is 3. The molecule has 0 aromatic carbocycles. The summed E-state index contributed by atoms with van der Waals surface area (Å²) in [5.41, 5.74) is 0. The number of aliphatic carboxylic acids is 1. The lowest BCUT2D eigenvalue weighted by molar-refractivity contribution is -0.131. The highest BCUT2D eigenvalue weighted by Gasteiger charge is 2.03. The molecule has 0 radical (unpaired) electrons. The monoisotopic (exact) mass is 270 g/mol. The number of nitrogens with one attached hydrogen (secondary N) is 2. The van der Waals surface area contributed by atoms with Gasteiger partial charge >= 0.3 is 12.0 Å². The zero-order valence-electron chi connectivity index (χ0n) is 11.3. The molecule has 0 bridgehead atoms. The van der Waals surface area contributed by atoms with Crippen LogP contribution in [0.3, 0.4) is 0 Å². The summed E-state index contributed by atoms with van der Waals surface area (Å²) in [6.45, 7) is 2.66. The van der Waals surface area contributed by atoms with Crippen LogP contribution in [0.4, 0.5) is 4.79 Å². The number of hydrogen-bond donors (Lipinski definition) is 3. The quantitative estimate of drug-likeness (QED) is 0.440. The van der Waals surface area contributed by atoms with E-state index in [1.807, 2.05) is 5.32 Å². The van der Waals surface area contributed by atoms with Crippen molar-refractivity contribution < 1.29 is 19.5 Å². The average molecular weight is 270 g/mol. The van der Waals surface area contributed by atoms with E-state index in [4.69, 9.17) is 5.11 Å². The molecule has 0 aromatic rings. The lowest BCUT2D eigenvalue weighted by Gasteiger charge is -2.04. The summed E-state index contributed by atoms with van der Waals surface area (Å²) in [4.78, 5) is 32.4. The molecular formula is C13H22N2O4. The molecule has 0 aliphatic rings. The van der Waals surface area contributed by atoms with Gasteiger partial charge in [-0.1, -0.05) is 39.0 Å². The second-order valence-corrected chi connectivity index (χ2v) is 4.18. The molecule has 0 atom stereocenters. The van der Waals surface area contributed by atoms with Gasteiger partial charge in [-0.05, 0) is 6.42 Å². The van der Waals surface area contributed by atoms with Crippen molar-refractivity contribution in [2.75, 3.05) is 6.54 Å². The first-order valence-electron chi connectivity index (χ1n) is 6.56. The third-order valence-electron chi connectivity index (χ3n) is 2.43. The highest BCUT2D eigenvalue weighted by Crippen LogP contribution is 2.03. The van der Waals surface area contributed by atoms with E-state index in [-0.39, 0.29) is 0 Å². The second-order valence-electron chi connectivity index (χ2n) is 4.18. The van der Waals surface area contributed by atoms with Gasteiger partial charge in [-0.15, -0.1) is 0 Å². The number of carboxylic acids is 1. The van der Waals surface area contributed by atoms with Crippen LogP contribution in [-0.4, -0.2) is 29.6 Å². The zero-order chi connectivity index (χ0) is 14.5. The van der Waals surface area contributed by atoms with Crippen LogP contribution >= 0.6 is 0 Å². The number of carbonyl (C=O) groups is 3. The van der Waals surface area contributed by atoms with Gasteiger partial charge in [0.2, 0.25) is 0 Å². The normalized spacial score (nSPS) is 10.4. The number of carboxylic acid groups (broad SMARTS) is 1. The van der Waals surface area contributed by atoms with E-state index < -0.39 is 17.9 Å². The molecule has 0 aliphatic heterocycles. The standard InChI is InChI=1S/C13H22N2O4/c1-2-3-4-5-6-7-10-14-13(19)15-11(16)8-9-12(17)18/h8-9H,2-7,10H2,1H3,(H,17,18)(H2,14,15,16,19)/b9-8+. The minimum absolute atomic E-state index is 0.508. The Kier molecular flexibility index (Phi) is 10.2. The molecule has 0 saturated heterocycles. The van der Waals surface area contributed by atoms with Crippen molar-refractivity contribution in [1.82, 2.24) is 10.6 Å². The van der Waals surface area contributed by atoms with Crippen LogP contribution in [0, 0.1) is 0 Å². The van der Waals surface area contributed by atoms with Crippen LogP contribution in [0.25, 0.3) is 0 Å². The number of rotatable bonds is 9. The van der Waals surface area contributed by atoms with Gasteiger partial charge in [-0.3, -0.25) is 10.1 Å². The van der Waals surface area contributed by atoms with Crippen LogP contribution in [0.15, 0.2) is 12.2 Å². The van der Waals surface area contributed by atoms with Crippen LogP contribution < -0.4 is 10.6 Å². The molecule has 3 N–H and O–H groups in total. The van der Waals surface area contributed by atoms with E-state index in [2.05, 4.69) is 12.2 Å². The summed E-state index contributed by atoms with van der Waals surface area (Å²) >= 11 is 0. The van der Waals surface area contributed by atoms with E-state index in [0.29, 0.717) is 12.6 Å². The summed E-state index contributed by atoms with van der Waals surface area (Å²) in [5.74, 6) is -1.98. The first-order chi connectivity index (χ1) is 9.06. The Labute approximate surface area is 113 Å². The third kappa shape index (κ3) is 12.4. The van der Waals surface area contributed by atoms with E-state index >= 15 is 0 Å².